The van der Waals surface area contributed by atoms with Gasteiger partial charge in [-0.15, -0.1) is 12.4 Å². The van der Waals surface area contributed by atoms with Gasteiger partial charge in [0.1, 0.15) is 0 Å². The average molecular weight is 434 g/mol. The molecular weight excluding hydrogens is 408 g/mol. The zero-order chi connectivity index (χ0) is 17.3. The molecule has 0 radical (unpaired) electrons. The fraction of sp³-hybridized carbons (Fsp3) is 0.611. The summed E-state index contributed by atoms with van der Waals surface area (Å²) in [5.41, 5.74) is 6.80. The predicted octanol–water partition coefficient (Wildman–Crippen LogP) is 3.48. The van der Waals surface area contributed by atoms with Crippen molar-refractivity contribution < 1.29 is 14.3 Å². The maximum Gasteiger partial charge on any atom is 0.254 e. The number of carbonyl (C=O) groups is 1. The number of methoxy groups -OCH3 is 1. The maximum atomic E-state index is 12.9. The largest absolute Gasteiger partial charge is 0.493 e. The number of likely N-dealkylation sites (tertiary alicyclic amines) is 1. The molecule has 1 amide bonds. The first-order chi connectivity index (χ1) is 11.5. The maximum absolute atomic E-state index is 12.9. The monoisotopic (exact) mass is 432 g/mol. The van der Waals surface area contributed by atoms with Gasteiger partial charge in [-0.1, -0.05) is 6.92 Å². The van der Waals surface area contributed by atoms with Crippen molar-refractivity contribution in [3.8, 4) is 11.5 Å². The molecule has 7 heteroatoms. The van der Waals surface area contributed by atoms with Gasteiger partial charge in [0.2, 0.25) is 0 Å². The van der Waals surface area contributed by atoms with Crippen LogP contribution in [0.15, 0.2) is 16.6 Å². The Morgan fingerprint density at radius 1 is 1.36 bits per heavy atom. The van der Waals surface area contributed by atoms with Crippen LogP contribution in [0.4, 0.5) is 0 Å². The Bertz CT molecular complexity index is 629. The van der Waals surface area contributed by atoms with E-state index in [1.807, 2.05) is 17.9 Å². The Hall–Kier alpha value is -0.980. The van der Waals surface area contributed by atoms with E-state index in [1.165, 1.54) is 0 Å². The lowest BCUT2D eigenvalue weighted by Crippen LogP contribution is -2.33. The van der Waals surface area contributed by atoms with E-state index in [4.69, 9.17) is 15.2 Å². The van der Waals surface area contributed by atoms with Crippen LogP contribution in [0.5, 0.6) is 11.5 Å². The molecule has 3 rings (SSSR count). The highest BCUT2D eigenvalue weighted by Crippen LogP contribution is 2.40. The number of nitrogens with zero attached hydrogens (tertiary/aromatic N) is 1. The lowest BCUT2D eigenvalue weighted by atomic mass is 9.98. The fourth-order valence-corrected chi connectivity index (χ4v) is 4.40. The molecule has 1 aromatic rings. The van der Waals surface area contributed by atoms with Crippen molar-refractivity contribution in [1.29, 1.82) is 0 Å². The van der Waals surface area contributed by atoms with Crippen molar-refractivity contribution in [1.82, 2.24) is 4.90 Å². The summed E-state index contributed by atoms with van der Waals surface area (Å²) in [4.78, 5) is 14.8. The summed E-state index contributed by atoms with van der Waals surface area (Å²) >= 11 is 3.51. The first kappa shape index (κ1) is 20.3. The van der Waals surface area contributed by atoms with Crippen LogP contribution < -0.4 is 15.2 Å². The Labute approximate surface area is 163 Å². The molecule has 2 aliphatic rings. The van der Waals surface area contributed by atoms with Gasteiger partial charge in [0.05, 0.1) is 18.2 Å². The third kappa shape index (κ3) is 4.07. The third-order valence-electron chi connectivity index (χ3n) is 5.13. The molecule has 1 heterocycles. The van der Waals surface area contributed by atoms with Gasteiger partial charge in [-0.3, -0.25) is 4.79 Å². The SMILES string of the molecule is CCCOc1c(Br)cc(C(=O)N2CC3CCC(N)C3C2)cc1OC.Cl. The number of carbonyl (C=O) groups excluding carboxylic acids is 1. The molecule has 1 aliphatic carbocycles. The van der Waals surface area contributed by atoms with E-state index in [2.05, 4.69) is 15.9 Å². The lowest BCUT2D eigenvalue weighted by molar-refractivity contribution is 0.0779. The van der Waals surface area contributed by atoms with Crippen molar-refractivity contribution in [3.63, 3.8) is 0 Å². The van der Waals surface area contributed by atoms with E-state index in [9.17, 15) is 4.79 Å². The highest BCUT2D eigenvalue weighted by Gasteiger charge is 2.42. The summed E-state index contributed by atoms with van der Waals surface area (Å²) in [7, 11) is 1.59. The van der Waals surface area contributed by atoms with E-state index in [0.717, 1.165) is 36.8 Å². The first-order valence-corrected chi connectivity index (χ1v) is 9.39. The van der Waals surface area contributed by atoms with Gasteiger partial charge in [0.25, 0.3) is 5.91 Å². The number of ether oxygens (including phenoxy) is 2. The van der Waals surface area contributed by atoms with Crippen molar-refractivity contribution in [2.75, 3.05) is 26.8 Å². The van der Waals surface area contributed by atoms with Crippen LogP contribution in [0, 0.1) is 11.8 Å². The first-order valence-electron chi connectivity index (χ1n) is 8.60. The second-order valence-electron chi connectivity index (χ2n) is 6.71. The van der Waals surface area contributed by atoms with Crippen LogP contribution in [-0.4, -0.2) is 43.7 Å². The minimum Gasteiger partial charge on any atom is -0.493 e. The van der Waals surface area contributed by atoms with Gasteiger partial charge >= 0.3 is 0 Å². The van der Waals surface area contributed by atoms with Crippen molar-refractivity contribution in [3.05, 3.63) is 22.2 Å². The second-order valence-corrected chi connectivity index (χ2v) is 7.57. The Morgan fingerprint density at radius 2 is 2.12 bits per heavy atom. The zero-order valence-corrected chi connectivity index (χ0v) is 17.1. The number of hydrogen-bond acceptors (Lipinski definition) is 4. The summed E-state index contributed by atoms with van der Waals surface area (Å²) in [5.74, 6) is 2.28. The number of nitrogens with two attached hydrogens (primary N) is 1. The van der Waals surface area contributed by atoms with Crippen LogP contribution >= 0.6 is 28.3 Å². The Kier molecular flexibility index (Phi) is 7.00. The predicted molar refractivity (Wildman–Crippen MR) is 104 cm³/mol. The summed E-state index contributed by atoms with van der Waals surface area (Å²) in [6.45, 7) is 4.23. The molecule has 0 bridgehead atoms. The summed E-state index contributed by atoms with van der Waals surface area (Å²) < 4.78 is 11.9. The number of amides is 1. The molecule has 1 saturated heterocycles. The number of rotatable bonds is 5. The van der Waals surface area contributed by atoms with Crippen LogP contribution in [0.2, 0.25) is 0 Å². The molecule has 3 atom stereocenters. The summed E-state index contributed by atoms with van der Waals surface area (Å²) in [5, 5.41) is 0. The van der Waals surface area contributed by atoms with Crippen molar-refractivity contribution in [2.24, 2.45) is 17.6 Å². The van der Waals surface area contributed by atoms with E-state index >= 15 is 0 Å². The smallest absolute Gasteiger partial charge is 0.254 e. The van der Waals surface area contributed by atoms with Gasteiger partial charge < -0.3 is 20.1 Å². The Balaban J connectivity index is 0.00000225. The van der Waals surface area contributed by atoms with E-state index < -0.39 is 0 Å². The number of fused-ring (bicyclic) bond motifs is 1. The van der Waals surface area contributed by atoms with E-state index in [1.54, 1.807) is 13.2 Å². The summed E-state index contributed by atoms with van der Waals surface area (Å²) in [6, 6.07) is 3.83. The van der Waals surface area contributed by atoms with Crippen molar-refractivity contribution >= 4 is 34.2 Å². The molecule has 1 aromatic carbocycles. The molecule has 1 saturated carbocycles. The van der Waals surface area contributed by atoms with Gasteiger partial charge in [0, 0.05) is 24.7 Å². The topological polar surface area (TPSA) is 64.8 Å². The average Bonchev–Trinajstić information content (AvgIpc) is 3.14. The molecule has 1 aliphatic heterocycles. The van der Waals surface area contributed by atoms with Crippen molar-refractivity contribution in [2.45, 2.75) is 32.2 Å². The number of benzene rings is 1. The van der Waals surface area contributed by atoms with Gasteiger partial charge in [-0.25, -0.2) is 0 Å². The van der Waals surface area contributed by atoms with Gasteiger partial charge in [0.15, 0.2) is 11.5 Å². The molecule has 2 fully saturated rings. The number of halogens is 2. The van der Waals surface area contributed by atoms with Gasteiger partial charge in [-0.05, 0) is 59.2 Å². The van der Waals surface area contributed by atoms with Gasteiger partial charge in [-0.2, -0.15) is 0 Å². The standard InChI is InChI=1S/C18H25BrN2O3.ClH/c1-3-6-24-17-14(19)7-12(8-16(17)23-2)18(22)21-9-11-4-5-15(20)13(11)10-21;/h7-8,11,13,15H,3-6,9-10,20H2,1-2H3;1H. The van der Waals surface area contributed by atoms with Crippen LogP contribution in [-0.2, 0) is 0 Å². The van der Waals surface area contributed by atoms with Crippen LogP contribution in [0.3, 0.4) is 0 Å². The normalized spacial score (nSPS) is 24.6. The fourth-order valence-electron chi connectivity index (χ4n) is 3.84. The highest BCUT2D eigenvalue weighted by molar-refractivity contribution is 9.10. The zero-order valence-electron chi connectivity index (χ0n) is 14.7. The minimum atomic E-state index is 0. The quantitative estimate of drug-likeness (QED) is 0.772. The second kappa shape index (κ2) is 8.60. The summed E-state index contributed by atoms with van der Waals surface area (Å²) in [6.07, 6.45) is 3.12. The molecule has 140 valence electrons. The Morgan fingerprint density at radius 3 is 2.76 bits per heavy atom. The van der Waals surface area contributed by atoms with Crippen LogP contribution in [0.25, 0.3) is 0 Å². The molecule has 25 heavy (non-hydrogen) atoms. The third-order valence-corrected chi connectivity index (χ3v) is 5.72. The molecule has 0 aromatic heterocycles. The lowest BCUT2D eigenvalue weighted by Gasteiger charge is -2.20. The highest BCUT2D eigenvalue weighted by atomic mass is 79.9. The molecule has 2 N–H and O–H groups in total. The van der Waals surface area contributed by atoms with Crippen LogP contribution in [0.1, 0.15) is 36.5 Å². The molecular formula is C18H26BrClN2O3. The van der Waals surface area contributed by atoms with E-state index in [-0.39, 0.29) is 24.4 Å². The molecule has 5 nitrogen and oxygen atoms in total. The number of hydrogen-bond donors (Lipinski definition) is 1. The molecule has 3 unspecified atom stereocenters. The molecule has 0 spiro atoms. The minimum absolute atomic E-state index is 0. The van der Waals surface area contributed by atoms with E-state index in [0.29, 0.717) is 35.5 Å².